The minimum atomic E-state index is -0.377. The topological polar surface area (TPSA) is 67.8 Å². The number of hydrogen-bond donors (Lipinski definition) is 1. The molecule has 0 radical (unpaired) electrons. The Morgan fingerprint density at radius 1 is 1.29 bits per heavy atom. The van der Waals surface area contributed by atoms with E-state index in [1.807, 2.05) is 23.6 Å². The number of aliphatic imine (C=N–C) groups is 1. The lowest BCUT2D eigenvalue weighted by Crippen LogP contribution is -2.12. The monoisotopic (exact) mass is 300 g/mol. The van der Waals surface area contributed by atoms with E-state index < -0.39 is 0 Å². The normalized spacial score (nSPS) is 13.8. The molecule has 1 aromatic heterocycles. The average Bonchev–Trinajstić information content (AvgIpc) is 2.89. The summed E-state index contributed by atoms with van der Waals surface area (Å²) in [4.78, 5) is 27.5. The molecule has 1 aliphatic heterocycles. The first-order chi connectivity index (χ1) is 10.2. The first-order valence-corrected chi connectivity index (χ1v) is 7.18. The van der Waals surface area contributed by atoms with Crippen LogP contribution in [0.5, 0.6) is 0 Å². The van der Waals surface area contributed by atoms with Crippen molar-refractivity contribution in [2.24, 2.45) is 4.99 Å². The van der Waals surface area contributed by atoms with Crippen molar-refractivity contribution in [3.63, 3.8) is 0 Å². The number of nitrogens with zero attached hydrogens (tertiary/aromatic N) is 1. The third kappa shape index (κ3) is 2.57. The van der Waals surface area contributed by atoms with Crippen molar-refractivity contribution in [3.8, 4) is 0 Å². The molecule has 1 amide bonds. The highest BCUT2D eigenvalue weighted by molar-refractivity contribution is 7.14. The number of thiophene rings is 1. The van der Waals surface area contributed by atoms with Gasteiger partial charge in [0.25, 0.3) is 0 Å². The van der Waals surface area contributed by atoms with E-state index in [9.17, 15) is 9.59 Å². The number of carbonyl (C=O) groups excluding carboxylic acids is 2. The Balaban J connectivity index is 2.00. The van der Waals surface area contributed by atoms with Gasteiger partial charge < -0.3 is 10.1 Å². The number of amides is 1. The summed E-state index contributed by atoms with van der Waals surface area (Å²) in [5.74, 6) is -0.502. The highest BCUT2D eigenvalue weighted by Gasteiger charge is 2.19. The van der Waals surface area contributed by atoms with E-state index in [4.69, 9.17) is 0 Å². The van der Waals surface area contributed by atoms with Crippen molar-refractivity contribution in [1.29, 1.82) is 0 Å². The van der Waals surface area contributed by atoms with Gasteiger partial charge in [0, 0.05) is 11.1 Å². The second-order valence-electron chi connectivity index (χ2n) is 4.45. The Kier molecular flexibility index (Phi) is 3.53. The van der Waals surface area contributed by atoms with Crippen molar-refractivity contribution < 1.29 is 14.3 Å². The van der Waals surface area contributed by atoms with E-state index in [-0.39, 0.29) is 18.4 Å². The summed E-state index contributed by atoms with van der Waals surface area (Å²) in [7, 11) is 1.35. The largest absolute Gasteiger partial charge is 0.465 e. The molecule has 0 aliphatic carbocycles. The SMILES string of the molecule is COC(=O)c1ccc(C2=NCC(=O)Nc3sccc32)cc1. The van der Waals surface area contributed by atoms with Crippen molar-refractivity contribution in [2.45, 2.75) is 0 Å². The lowest BCUT2D eigenvalue weighted by Gasteiger charge is -2.06. The standard InChI is InChI=1S/C15H12N2O3S/c1-20-15(19)10-4-2-9(3-5-10)13-11-6-7-21-14(11)17-12(18)8-16-13/h2-7H,8H2,1H3,(H,17,18). The molecule has 1 aliphatic rings. The Hall–Kier alpha value is -2.47. The van der Waals surface area contributed by atoms with Crippen LogP contribution >= 0.6 is 11.3 Å². The average molecular weight is 300 g/mol. The van der Waals surface area contributed by atoms with Gasteiger partial charge in [-0.2, -0.15) is 0 Å². The van der Waals surface area contributed by atoms with Crippen LogP contribution in [0.15, 0.2) is 40.7 Å². The van der Waals surface area contributed by atoms with Gasteiger partial charge in [-0.05, 0) is 23.6 Å². The molecule has 2 aromatic rings. The number of rotatable bonds is 2. The van der Waals surface area contributed by atoms with Crippen LogP contribution in [0.3, 0.4) is 0 Å². The maximum absolute atomic E-state index is 11.6. The van der Waals surface area contributed by atoms with Crippen LogP contribution in [0.4, 0.5) is 5.00 Å². The van der Waals surface area contributed by atoms with E-state index in [0.29, 0.717) is 5.56 Å². The Bertz CT molecular complexity index is 732. The summed E-state index contributed by atoms with van der Waals surface area (Å²) in [6.45, 7) is 0.0927. The summed E-state index contributed by atoms with van der Waals surface area (Å²) in [6, 6.07) is 8.93. The molecular formula is C15H12N2O3S. The molecule has 0 unspecified atom stereocenters. The zero-order valence-corrected chi connectivity index (χ0v) is 12.1. The Morgan fingerprint density at radius 2 is 2.05 bits per heavy atom. The predicted molar refractivity (Wildman–Crippen MR) is 81.2 cm³/mol. The van der Waals surface area contributed by atoms with E-state index >= 15 is 0 Å². The summed E-state index contributed by atoms with van der Waals surface area (Å²) in [5.41, 5.74) is 2.99. The predicted octanol–water partition coefficient (Wildman–Crippen LogP) is 2.32. The maximum Gasteiger partial charge on any atom is 0.337 e. The molecule has 3 rings (SSSR count). The second kappa shape index (κ2) is 5.49. The number of fused-ring (bicyclic) bond motifs is 1. The zero-order valence-electron chi connectivity index (χ0n) is 11.3. The minimum absolute atomic E-state index is 0.0927. The number of hydrogen-bond acceptors (Lipinski definition) is 5. The van der Waals surface area contributed by atoms with E-state index in [1.165, 1.54) is 18.4 Å². The molecule has 106 valence electrons. The fraction of sp³-hybridized carbons (Fsp3) is 0.133. The van der Waals surface area contributed by atoms with Crippen LogP contribution in [-0.4, -0.2) is 31.2 Å². The lowest BCUT2D eigenvalue weighted by molar-refractivity contribution is -0.114. The number of benzene rings is 1. The number of carbonyl (C=O) groups is 2. The van der Waals surface area contributed by atoms with Crippen LogP contribution in [0, 0.1) is 0 Å². The quantitative estimate of drug-likeness (QED) is 0.865. The zero-order chi connectivity index (χ0) is 14.8. The smallest absolute Gasteiger partial charge is 0.337 e. The molecule has 2 heterocycles. The van der Waals surface area contributed by atoms with Gasteiger partial charge in [-0.1, -0.05) is 12.1 Å². The number of ether oxygens (including phenoxy) is 1. The number of anilines is 1. The Labute approximate surface area is 125 Å². The third-order valence-corrected chi connectivity index (χ3v) is 3.96. The van der Waals surface area contributed by atoms with Crippen LogP contribution in [0.1, 0.15) is 21.5 Å². The summed E-state index contributed by atoms with van der Waals surface area (Å²) < 4.78 is 4.68. The molecule has 6 heteroatoms. The highest BCUT2D eigenvalue weighted by Crippen LogP contribution is 2.28. The number of esters is 1. The molecule has 0 atom stereocenters. The van der Waals surface area contributed by atoms with Crippen LogP contribution in [0.2, 0.25) is 0 Å². The van der Waals surface area contributed by atoms with Crippen LogP contribution in [0.25, 0.3) is 0 Å². The van der Waals surface area contributed by atoms with Gasteiger partial charge in [0.1, 0.15) is 11.5 Å². The fourth-order valence-electron chi connectivity index (χ4n) is 2.12. The number of nitrogens with one attached hydrogen (secondary N) is 1. The summed E-state index contributed by atoms with van der Waals surface area (Å²) in [5, 5.41) is 5.54. The highest BCUT2D eigenvalue weighted by atomic mass is 32.1. The van der Waals surface area contributed by atoms with Gasteiger partial charge >= 0.3 is 5.97 Å². The van der Waals surface area contributed by atoms with E-state index in [1.54, 1.807) is 12.1 Å². The number of methoxy groups -OCH3 is 1. The molecule has 0 saturated heterocycles. The van der Waals surface area contributed by atoms with Crippen LogP contribution in [-0.2, 0) is 9.53 Å². The molecule has 0 saturated carbocycles. The van der Waals surface area contributed by atoms with E-state index in [2.05, 4.69) is 15.0 Å². The first-order valence-electron chi connectivity index (χ1n) is 6.30. The van der Waals surface area contributed by atoms with Gasteiger partial charge in [-0.25, -0.2) is 4.79 Å². The molecule has 0 bridgehead atoms. The van der Waals surface area contributed by atoms with Crippen LogP contribution < -0.4 is 5.32 Å². The Morgan fingerprint density at radius 3 is 2.76 bits per heavy atom. The second-order valence-corrected chi connectivity index (χ2v) is 5.36. The van der Waals surface area contributed by atoms with Gasteiger partial charge in [0.15, 0.2) is 0 Å². The van der Waals surface area contributed by atoms with Gasteiger partial charge in [0.2, 0.25) is 5.91 Å². The molecule has 1 aromatic carbocycles. The fourth-order valence-corrected chi connectivity index (χ4v) is 2.93. The van der Waals surface area contributed by atoms with Gasteiger partial charge in [0.05, 0.1) is 18.4 Å². The molecule has 0 fully saturated rings. The maximum atomic E-state index is 11.6. The molecule has 5 nitrogen and oxygen atoms in total. The molecule has 0 spiro atoms. The lowest BCUT2D eigenvalue weighted by atomic mass is 10.0. The summed E-state index contributed by atoms with van der Waals surface area (Å²) in [6.07, 6.45) is 0. The van der Waals surface area contributed by atoms with Crippen molar-refractivity contribution in [1.82, 2.24) is 0 Å². The molecule has 1 N–H and O–H groups in total. The van der Waals surface area contributed by atoms with E-state index in [0.717, 1.165) is 21.8 Å². The van der Waals surface area contributed by atoms with Crippen molar-refractivity contribution in [2.75, 3.05) is 19.0 Å². The van der Waals surface area contributed by atoms with Gasteiger partial charge in [-0.15, -0.1) is 11.3 Å². The minimum Gasteiger partial charge on any atom is -0.465 e. The van der Waals surface area contributed by atoms with Gasteiger partial charge in [-0.3, -0.25) is 9.79 Å². The van der Waals surface area contributed by atoms with Crippen molar-refractivity contribution >= 4 is 33.9 Å². The molecule has 21 heavy (non-hydrogen) atoms. The first kappa shape index (κ1) is 13.5. The third-order valence-electron chi connectivity index (χ3n) is 3.13. The summed E-state index contributed by atoms with van der Waals surface area (Å²) >= 11 is 1.47. The van der Waals surface area contributed by atoms with Crippen molar-refractivity contribution in [3.05, 3.63) is 52.4 Å². The molecular weight excluding hydrogens is 288 g/mol.